The Bertz CT molecular complexity index is 795. The maximum atomic E-state index is 14.0. The first-order chi connectivity index (χ1) is 13.5. The van der Waals surface area contributed by atoms with E-state index in [4.69, 9.17) is 11.6 Å². The molecule has 2 aromatic rings. The highest BCUT2D eigenvalue weighted by molar-refractivity contribution is 6.30. The summed E-state index contributed by atoms with van der Waals surface area (Å²) in [6.07, 6.45) is 1.17. The van der Waals surface area contributed by atoms with E-state index in [-0.39, 0.29) is 24.8 Å². The standard InChI is InChI=1S/C22H26ClFN2O2/c1-3-13-25-22(28)20(4-2)26(15-16-9-11-18(23)12-10-16)21(27)14-17-7-5-6-8-19(17)24/h5-12,20H,3-4,13-15H2,1-2H3,(H,25,28). The molecular formula is C22H26ClFN2O2. The maximum absolute atomic E-state index is 14.0. The van der Waals surface area contributed by atoms with Gasteiger partial charge >= 0.3 is 0 Å². The molecule has 0 fully saturated rings. The molecule has 28 heavy (non-hydrogen) atoms. The van der Waals surface area contributed by atoms with Crippen molar-refractivity contribution in [2.75, 3.05) is 6.54 Å². The molecule has 150 valence electrons. The van der Waals surface area contributed by atoms with E-state index in [0.717, 1.165) is 12.0 Å². The first-order valence-electron chi connectivity index (χ1n) is 9.51. The second kappa shape index (κ2) is 10.8. The van der Waals surface area contributed by atoms with Gasteiger partial charge in [0.05, 0.1) is 6.42 Å². The number of halogens is 2. The van der Waals surface area contributed by atoms with Crippen LogP contribution in [0.25, 0.3) is 0 Å². The Morgan fingerprint density at radius 3 is 2.39 bits per heavy atom. The van der Waals surface area contributed by atoms with Gasteiger partial charge in [0.2, 0.25) is 11.8 Å². The Hall–Kier alpha value is -2.40. The molecule has 0 spiro atoms. The van der Waals surface area contributed by atoms with Crippen LogP contribution >= 0.6 is 11.6 Å². The molecule has 0 aliphatic carbocycles. The third-order valence-corrected chi connectivity index (χ3v) is 4.75. The predicted molar refractivity (Wildman–Crippen MR) is 109 cm³/mol. The minimum absolute atomic E-state index is 0.0994. The van der Waals surface area contributed by atoms with Crippen LogP contribution in [0.4, 0.5) is 4.39 Å². The van der Waals surface area contributed by atoms with E-state index in [2.05, 4.69) is 5.32 Å². The van der Waals surface area contributed by atoms with Gasteiger partial charge in [0, 0.05) is 18.1 Å². The molecular weight excluding hydrogens is 379 g/mol. The topological polar surface area (TPSA) is 49.4 Å². The minimum Gasteiger partial charge on any atom is -0.354 e. The first-order valence-corrected chi connectivity index (χ1v) is 9.89. The molecule has 0 aromatic heterocycles. The van der Waals surface area contributed by atoms with E-state index in [1.165, 1.54) is 11.0 Å². The first kappa shape index (κ1) is 21.9. The highest BCUT2D eigenvalue weighted by atomic mass is 35.5. The van der Waals surface area contributed by atoms with Gasteiger partial charge in [0.1, 0.15) is 11.9 Å². The number of carbonyl (C=O) groups excluding carboxylic acids is 2. The summed E-state index contributed by atoms with van der Waals surface area (Å²) in [6, 6.07) is 12.7. The molecule has 0 heterocycles. The van der Waals surface area contributed by atoms with Crippen molar-refractivity contribution in [2.24, 2.45) is 0 Å². The van der Waals surface area contributed by atoms with Crippen LogP contribution in [0.3, 0.4) is 0 Å². The van der Waals surface area contributed by atoms with Crippen molar-refractivity contribution in [1.29, 1.82) is 0 Å². The molecule has 0 radical (unpaired) electrons. The maximum Gasteiger partial charge on any atom is 0.242 e. The Morgan fingerprint density at radius 1 is 1.11 bits per heavy atom. The molecule has 1 N–H and O–H groups in total. The number of nitrogens with zero attached hydrogens (tertiary/aromatic N) is 1. The molecule has 2 rings (SSSR count). The summed E-state index contributed by atoms with van der Waals surface area (Å²) in [7, 11) is 0. The molecule has 1 unspecified atom stereocenters. The van der Waals surface area contributed by atoms with Crippen LogP contribution < -0.4 is 5.32 Å². The molecule has 0 aliphatic rings. The summed E-state index contributed by atoms with van der Waals surface area (Å²) in [4.78, 5) is 27.2. The Balaban J connectivity index is 2.27. The van der Waals surface area contributed by atoms with Gasteiger partial charge in [-0.15, -0.1) is 0 Å². The fourth-order valence-corrected chi connectivity index (χ4v) is 3.10. The summed E-state index contributed by atoms with van der Waals surface area (Å²) in [5.41, 5.74) is 1.17. The SMILES string of the molecule is CCCNC(=O)C(CC)N(Cc1ccc(Cl)cc1)C(=O)Cc1ccccc1F. The molecule has 0 aliphatic heterocycles. The van der Waals surface area contributed by atoms with Gasteiger partial charge < -0.3 is 10.2 Å². The van der Waals surface area contributed by atoms with Gasteiger partial charge in [-0.25, -0.2) is 4.39 Å². The number of hydrogen-bond donors (Lipinski definition) is 1. The molecule has 1 atom stereocenters. The molecule has 4 nitrogen and oxygen atoms in total. The van der Waals surface area contributed by atoms with Gasteiger partial charge in [-0.2, -0.15) is 0 Å². The van der Waals surface area contributed by atoms with Crippen molar-refractivity contribution in [3.63, 3.8) is 0 Å². The normalized spacial score (nSPS) is 11.7. The monoisotopic (exact) mass is 404 g/mol. The molecule has 0 bridgehead atoms. The van der Waals surface area contributed by atoms with Crippen molar-refractivity contribution in [2.45, 2.75) is 45.7 Å². The second-order valence-electron chi connectivity index (χ2n) is 6.63. The molecule has 0 saturated carbocycles. The predicted octanol–water partition coefficient (Wildman–Crippen LogP) is 4.36. The van der Waals surface area contributed by atoms with Crippen molar-refractivity contribution in [1.82, 2.24) is 10.2 Å². The Kier molecular flexibility index (Phi) is 8.45. The van der Waals surface area contributed by atoms with E-state index >= 15 is 0 Å². The van der Waals surface area contributed by atoms with Crippen molar-refractivity contribution < 1.29 is 14.0 Å². The minimum atomic E-state index is -0.624. The van der Waals surface area contributed by atoms with Crippen LogP contribution in [0.5, 0.6) is 0 Å². The third kappa shape index (κ3) is 6.06. The fourth-order valence-electron chi connectivity index (χ4n) is 2.98. The number of hydrogen-bond acceptors (Lipinski definition) is 2. The van der Waals surface area contributed by atoms with E-state index in [9.17, 15) is 14.0 Å². The van der Waals surface area contributed by atoms with Crippen molar-refractivity contribution in [3.8, 4) is 0 Å². The zero-order valence-electron chi connectivity index (χ0n) is 16.3. The average molecular weight is 405 g/mol. The number of rotatable bonds is 9. The van der Waals surface area contributed by atoms with E-state index < -0.39 is 11.9 Å². The lowest BCUT2D eigenvalue weighted by Crippen LogP contribution is -2.49. The lowest BCUT2D eigenvalue weighted by molar-refractivity contribution is -0.141. The quantitative estimate of drug-likeness (QED) is 0.675. The molecule has 2 amide bonds. The number of carbonyl (C=O) groups is 2. The average Bonchev–Trinajstić information content (AvgIpc) is 2.69. The zero-order valence-corrected chi connectivity index (χ0v) is 17.0. The van der Waals surface area contributed by atoms with E-state index in [1.807, 2.05) is 26.0 Å². The Labute approximate surface area is 170 Å². The number of nitrogens with one attached hydrogen (secondary N) is 1. The lowest BCUT2D eigenvalue weighted by Gasteiger charge is -2.31. The Morgan fingerprint density at radius 2 is 1.79 bits per heavy atom. The third-order valence-electron chi connectivity index (χ3n) is 4.50. The highest BCUT2D eigenvalue weighted by Gasteiger charge is 2.28. The molecule has 2 aromatic carbocycles. The fraction of sp³-hybridized carbons (Fsp3) is 0.364. The summed E-state index contributed by atoms with van der Waals surface area (Å²) >= 11 is 5.95. The van der Waals surface area contributed by atoms with Crippen molar-refractivity contribution >= 4 is 23.4 Å². The zero-order chi connectivity index (χ0) is 20.5. The lowest BCUT2D eigenvalue weighted by atomic mass is 10.1. The number of benzene rings is 2. The van der Waals surface area contributed by atoms with Crippen LogP contribution in [0.2, 0.25) is 5.02 Å². The molecule has 6 heteroatoms. The van der Waals surface area contributed by atoms with Gasteiger partial charge in [-0.3, -0.25) is 9.59 Å². The van der Waals surface area contributed by atoms with Crippen LogP contribution in [-0.4, -0.2) is 29.3 Å². The van der Waals surface area contributed by atoms with Crippen LogP contribution in [-0.2, 0) is 22.6 Å². The van der Waals surface area contributed by atoms with Gasteiger partial charge in [0.25, 0.3) is 0 Å². The smallest absolute Gasteiger partial charge is 0.242 e. The summed E-state index contributed by atoms with van der Waals surface area (Å²) in [6.45, 7) is 4.63. The summed E-state index contributed by atoms with van der Waals surface area (Å²) in [5.74, 6) is -0.912. The van der Waals surface area contributed by atoms with Crippen molar-refractivity contribution in [3.05, 3.63) is 70.5 Å². The number of amides is 2. The van der Waals surface area contributed by atoms with Gasteiger partial charge in [-0.05, 0) is 42.2 Å². The highest BCUT2D eigenvalue weighted by Crippen LogP contribution is 2.17. The van der Waals surface area contributed by atoms with E-state index in [1.54, 1.807) is 30.3 Å². The summed E-state index contributed by atoms with van der Waals surface area (Å²) < 4.78 is 14.0. The van der Waals surface area contributed by atoms with Crippen LogP contribution in [0, 0.1) is 5.82 Å². The van der Waals surface area contributed by atoms with E-state index in [0.29, 0.717) is 23.6 Å². The van der Waals surface area contributed by atoms with Gasteiger partial charge in [-0.1, -0.05) is 55.8 Å². The second-order valence-corrected chi connectivity index (χ2v) is 7.07. The van der Waals surface area contributed by atoms with Crippen LogP contribution in [0.1, 0.15) is 37.8 Å². The summed E-state index contributed by atoms with van der Waals surface area (Å²) in [5, 5.41) is 3.46. The molecule has 0 saturated heterocycles. The van der Waals surface area contributed by atoms with Crippen LogP contribution in [0.15, 0.2) is 48.5 Å². The largest absolute Gasteiger partial charge is 0.354 e. The van der Waals surface area contributed by atoms with Gasteiger partial charge in [0.15, 0.2) is 0 Å².